The van der Waals surface area contributed by atoms with Crippen molar-refractivity contribution in [1.29, 1.82) is 0 Å². The van der Waals surface area contributed by atoms with E-state index >= 15 is 0 Å². The summed E-state index contributed by atoms with van der Waals surface area (Å²) in [5, 5.41) is 0. The van der Waals surface area contributed by atoms with E-state index in [1.807, 2.05) is 0 Å². The van der Waals surface area contributed by atoms with Crippen molar-refractivity contribution in [2.24, 2.45) is 11.1 Å². The number of nitrogens with two attached hydrogens (primary N) is 1. The summed E-state index contributed by atoms with van der Waals surface area (Å²) < 4.78 is 18.4. The average molecular weight is 280 g/mol. The Morgan fingerprint density at radius 3 is 2.70 bits per heavy atom. The molecule has 1 heterocycles. The SMILES string of the molecule is CC(Oc1ccc(F)cc1)C(=O)N1CCC(C)(CN)C1. The molecule has 2 N–H and O–H groups in total. The Kier molecular flexibility index (Phi) is 4.28. The number of halogens is 1. The quantitative estimate of drug-likeness (QED) is 0.915. The van der Waals surface area contributed by atoms with Crippen LogP contribution >= 0.6 is 0 Å². The molecule has 1 aliphatic heterocycles. The first-order chi connectivity index (χ1) is 9.43. The molecular weight excluding hydrogens is 259 g/mol. The average Bonchev–Trinajstić information content (AvgIpc) is 2.84. The lowest BCUT2D eigenvalue weighted by atomic mass is 9.90. The van der Waals surface area contributed by atoms with Crippen LogP contribution in [0.25, 0.3) is 0 Å². The van der Waals surface area contributed by atoms with Crippen molar-refractivity contribution in [2.45, 2.75) is 26.4 Å². The largest absolute Gasteiger partial charge is 0.481 e. The molecule has 1 aromatic carbocycles. The predicted molar refractivity (Wildman–Crippen MR) is 74.8 cm³/mol. The second kappa shape index (κ2) is 5.79. The molecule has 0 spiro atoms. The normalized spacial score (nSPS) is 23.7. The number of nitrogens with zero attached hydrogens (tertiary/aromatic N) is 1. The van der Waals surface area contributed by atoms with Gasteiger partial charge in [0, 0.05) is 13.1 Å². The molecule has 0 bridgehead atoms. The Bertz CT molecular complexity index is 477. The number of hydrogen-bond acceptors (Lipinski definition) is 3. The number of likely N-dealkylation sites (tertiary alicyclic amines) is 1. The molecule has 2 atom stereocenters. The fourth-order valence-corrected chi connectivity index (χ4v) is 2.40. The Morgan fingerprint density at radius 1 is 1.50 bits per heavy atom. The molecule has 1 aromatic rings. The molecule has 2 unspecified atom stereocenters. The van der Waals surface area contributed by atoms with Gasteiger partial charge in [-0.15, -0.1) is 0 Å². The van der Waals surface area contributed by atoms with Crippen LogP contribution in [0.3, 0.4) is 0 Å². The number of ether oxygens (including phenoxy) is 1. The third-order valence-electron chi connectivity index (χ3n) is 3.84. The summed E-state index contributed by atoms with van der Waals surface area (Å²) in [4.78, 5) is 14.1. The summed E-state index contributed by atoms with van der Waals surface area (Å²) in [6.45, 7) is 5.75. The molecule has 2 rings (SSSR count). The summed E-state index contributed by atoms with van der Waals surface area (Å²) in [5.41, 5.74) is 5.74. The smallest absolute Gasteiger partial charge is 0.263 e. The highest BCUT2D eigenvalue weighted by molar-refractivity contribution is 5.81. The monoisotopic (exact) mass is 280 g/mol. The maximum Gasteiger partial charge on any atom is 0.263 e. The highest BCUT2D eigenvalue weighted by atomic mass is 19.1. The second-order valence-electron chi connectivity index (χ2n) is 5.74. The molecule has 0 aromatic heterocycles. The fourth-order valence-electron chi connectivity index (χ4n) is 2.40. The summed E-state index contributed by atoms with van der Waals surface area (Å²) in [6.07, 6.45) is 0.332. The molecule has 1 saturated heterocycles. The minimum atomic E-state index is -0.583. The van der Waals surface area contributed by atoms with Gasteiger partial charge in [0.1, 0.15) is 11.6 Å². The van der Waals surface area contributed by atoms with E-state index in [9.17, 15) is 9.18 Å². The van der Waals surface area contributed by atoms with Crippen LogP contribution in [0.2, 0.25) is 0 Å². The first-order valence-electron chi connectivity index (χ1n) is 6.85. The van der Waals surface area contributed by atoms with Crippen LogP contribution in [0.5, 0.6) is 5.75 Å². The minimum absolute atomic E-state index is 0.00521. The van der Waals surface area contributed by atoms with Gasteiger partial charge in [-0.05, 0) is 49.6 Å². The topological polar surface area (TPSA) is 55.6 Å². The van der Waals surface area contributed by atoms with Crippen molar-refractivity contribution in [2.75, 3.05) is 19.6 Å². The second-order valence-corrected chi connectivity index (χ2v) is 5.74. The lowest BCUT2D eigenvalue weighted by molar-refractivity contribution is -0.137. The highest BCUT2D eigenvalue weighted by Crippen LogP contribution is 2.29. The van der Waals surface area contributed by atoms with Gasteiger partial charge in [-0.1, -0.05) is 6.92 Å². The maximum atomic E-state index is 12.8. The summed E-state index contributed by atoms with van der Waals surface area (Å²) >= 11 is 0. The summed E-state index contributed by atoms with van der Waals surface area (Å²) in [7, 11) is 0. The van der Waals surface area contributed by atoms with E-state index in [-0.39, 0.29) is 17.1 Å². The van der Waals surface area contributed by atoms with Gasteiger partial charge < -0.3 is 15.4 Å². The van der Waals surface area contributed by atoms with Gasteiger partial charge in [0.05, 0.1) is 0 Å². The fraction of sp³-hybridized carbons (Fsp3) is 0.533. The number of carbonyl (C=O) groups excluding carboxylic acids is 1. The first-order valence-corrected chi connectivity index (χ1v) is 6.85. The van der Waals surface area contributed by atoms with Gasteiger partial charge in [-0.2, -0.15) is 0 Å². The van der Waals surface area contributed by atoms with Crippen LogP contribution in [-0.4, -0.2) is 36.5 Å². The van der Waals surface area contributed by atoms with E-state index < -0.39 is 6.10 Å². The number of carbonyl (C=O) groups is 1. The zero-order valence-corrected chi connectivity index (χ0v) is 11.9. The first kappa shape index (κ1) is 14.8. The van der Waals surface area contributed by atoms with Crippen molar-refractivity contribution in [3.05, 3.63) is 30.1 Å². The Balaban J connectivity index is 1.94. The van der Waals surface area contributed by atoms with Crippen LogP contribution in [0.4, 0.5) is 4.39 Å². The van der Waals surface area contributed by atoms with Crippen molar-refractivity contribution in [1.82, 2.24) is 4.90 Å². The van der Waals surface area contributed by atoms with Crippen molar-refractivity contribution >= 4 is 5.91 Å². The van der Waals surface area contributed by atoms with E-state index in [1.165, 1.54) is 24.3 Å². The van der Waals surface area contributed by atoms with Crippen LogP contribution < -0.4 is 10.5 Å². The molecule has 0 aliphatic carbocycles. The minimum Gasteiger partial charge on any atom is -0.481 e. The van der Waals surface area contributed by atoms with Gasteiger partial charge in [-0.3, -0.25) is 4.79 Å². The maximum absolute atomic E-state index is 12.8. The zero-order valence-electron chi connectivity index (χ0n) is 11.9. The Morgan fingerprint density at radius 2 is 2.15 bits per heavy atom. The van der Waals surface area contributed by atoms with E-state index in [0.717, 1.165) is 6.42 Å². The van der Waals surface area contributed by atoms with Gasteiger partial charge in [0.15, 0.2) is 6.10 Å². The summed E-state index contributed by atoms with van der Waals surface area (Å²) in [5.74, 6) is 0.120. The van der Waals surface area contributed by atoms with Crippen LogP contribution in [0.15, 0.2) is 24.3 Å². The Labute approximate surface area is 118 Å². The molecule has 1 fully saturated rings. The zero-order chi connectivity index (χ0) is 14.8. The third-order valence-corrected chi connectivity index (χ3v) is 3.84. The van der Waals surface area contributed by atoms with Crippen molar-refractivity contribution < 1.29 is 13.9 Å². The number of amides is 1. The molecule has 4 nitrogen and oxygen atoms in total. The van der Waals surface area contributed by atoms with Gasteiger partial charge >= 0.3 is 0 Å². The molecule has 0 saturated carbocycles. The van der Waals surface area contributed by atoms with E-state index in [2.05, 4.69) is 6.92 Å². The molecule has 1 aliphatic rings. The third kappa shape index (κ3) is 3.28. The van der Waals surface area contributed by atoms with Gasteiger partial charge in [0.2, 0.25) is 0 Å². The van der Waals surface area contributed by atoms with E-state index in [0.29, 0.717) is 25.4 Å². The lowest BCUT2D eigenvalue weighted by Crippen LogP contribution is -2.41. The standard InChI is InChI=1S/C15H21FN2O2/c1-11(20-13-5-3-12(16)4-6-13)14(19)18-8-7-15(2,9-17)10-18/h3-6,11H,7-10,17H2,1-2H3. The molecule has 20 heavy (non-hydrogen) atoms. The van der Waals surface area contributed by atoms with Gasteiger partial charge in [0.25, 0.3) is 5.91 Å². The van der Waals surface area contributed by atoms with E-state index in [4.69, 9.17) is 10.5 Å². The number of benzene rings is 1. The molecule has 5 heteroatoms. The number of rotatable bonds is 4. The summed E-state index contributed by atoms with van der Waals surface area (Å²) in [6, 6.07) is 5.67. The molecule has 0 radical (unpaired) electrons. The van der Waals surface area contributed by atoms with Crippen LogP contribution in [0.1, 0.15) is 20.3 Å². The van der Waals surface area contributed by atoms with Crippen LogP contribution in [0, 0.1) is 11.2 Å². The molecular formula is C15H21FN2O2. The van der Waals surface area contributed by atoms with E-state index in [1.54, 1.807) is 11.8 Å². The van der Waals surface area contributed by atoms with Gasteiger partial charge in [-0.25, -0.2) is 4.39 Å². The van der Waals surface area contributed by atoms with Crippen molar-refractivity contribution in [3.8, 4) is 5.75 Å². The predicted octanol–water partition coefficient (Wildman–Crippen LogP) is 1.79. The van der Waals surface area contributed by atoms with Crippen LogP contribution in [-0.2, 0) is 4.79 Å². The number of hydrogen-bond donors (Lipinski definition) is 1. The lowest BCUT2D eigenvalue weighted by Gasteiger charge is -2.25. The molecule has 1 amide bonds. The Hall–Kier alpha value is -1.62. The highest BCUT2D eigenvalue weighted by Gasteiger charge is 2.36. The molecule has 110 valence electrons. The van der Waals surface area contributed by atoms with Crippen molar-refractivity contribution in [3.63, 3.8) is 0 Å².